The summed E-state index contributed by atoms with van der Waals surface area (Å²) in [6.07, 6.45) is -3.61. The Morgan fingerprint density at radius 3 is 2.10 bits per heavy atom. The lowest BCUT2D eigenvalue weighted by Crippen LogP contribution is -2.39. The third kappa shape index (κ3) is 8.07. The van der Waals surface area contributed by atoms with E-state index in [0.29, 0.717) is 6.54 Å². The first-order valence-corrected chi connectivity index (χ1v) is 11.8. The molecule has 0 radical (unpaired) electrons. The van der Waals surface area contributed by atoms with Gasteiger partial charge in [-0.3, -0.25) is 9.69 Å². The van der Waals surface area contributed by atoms with Crippen LogP contribution in [-0.4, -0.2) is 85.9 Å². The number of carbonyl (C=O) groups is 3. The average molecular weight is 579 g/mol. The van der Waals surface area contributed by atoms with Crippen LogP contribution in [-0.2, 0) is 28.0 Å². The second-order valence-corrected chi connectivity index (χ2v) is 9.14. The Kier molecular flexibility index (Phi) is 10.5. The molecular formula is C25H28F6N4O5. The number of aromatic nitrogens is 2. The molecule has 1 aromatic carbocycles. The molecule has 2 atom stereocenters. The fourth-order valence-corrected chi connectivity index (χ4v) is 4.64. The molecule has 0 unspecified atom stereocenters. The van der Waals surface area contributed by atoms with Crippen molar-refractivity contribution in [3.63, 3.8) is 0 Å². The molecule has 0 aliphatic carbocycles. The first-order chi connectivity index (χ1) is 18.5. The molecule has 1 amide bonds. The molecule has 220 valence electrons. The number of carbonyl (C=O) groups excluding carboxylic acids is 1. The Labute approximate surface area is 225 Å². The van der Waals surface area contributed by atoms with Gasteiger partial charge in [0.05, 0.1) is 12.0 Å². The lowest BCUT2D eigenvalue weighted by Gasteiger charge is -2.29. The number of alkyl halides is 6. The zero-order chi connectivity index (χ0) is 30.3. The molecule has 2 aromatic rings. The summed E-state index contributed by atoms with van der Waals surface area (Å²) >= 11 is 0. The van der Waals surface area contributed by atoms with Crippen molar-refractivity contribution < 1.29 is 50.9 Å². The van der Waals surface area contributed by atoms with E-state index in [1.54, 1.807) is 0 Å². The smallest absolute Gasteiger partial charge is 0.475 e. The number of carboxylic acid groups (broad SMARTS) is 2. The lowest BCUT2D eigenvalue weighted by molar-refractivity contribution is -0.193. The molecule has 0 bridgehead atoms. The van der Waals surface area contributed by atoms with Crippen LogP contribution in [0.3, 0.4) is 0 Å². The average Bonchev–Trinajstić information content (AvgIpc) is 3.54. The van der Waals surface area contributed by atoms with Gasteiger partial charge in [0.25, 0.3) is 0 Å². The maximum Gasteiger partial charge on any atom is 0.490 e. The molecule has 3 heterocycles. The molecule has 2 N–H and O–H groups in total. The van der Waals surface area contributed by atoms with Crippen molar-refractivity contribution in [1.82, 2.24) is 19.4 Å². The number of halogens is 6. The molecular weight excluding hydrogens is 550 g/mol. The highest BCUT2D eigenvalue weighted by Gasteiger charge is 2.56. The largest absolute Gasteiger partial charge is 0.490 e. The van der Waals surface area contributed by atoms with Gasteiger partial charge in [0.2, 0.25) is 5.91 Å². The van der Waals surface area contributed by atoms with Crippen molar-refractivity contribution in [3.05, 3.63) is 66.8 Å². The SMILES string of the molecule is C=CCN1CC[C@]2(CN(Cc3nccn3C)C[C@H]2c2ccccc2)C1=O.O=C(O)C(F)(F)F.O=C(O)C(F)(F)F. The summed E-state index contributed by atoms with van der Waals surface area (Å²) in [6, 6.07) is 10.5. The summed E-state index contributed by atoms with van der Waals surface area (Å²) in [7, 11) is 2.02. The summed E-state index contributed by atoms with van der Waals surface area (Å²) in [6.45, 7) is 7.75. The molecule has 2 fully saturated rings. The molecule has 0 saturated carbocycles. The van der Waals surface area contributed by atoms with Gasteiger partial charge in [0.15, 0.2) is 0 Å². The van der Waals surface area contributed by atoms with E-state index < -0.39 is 24.3 Å². The van der Waals surface area contributed by atoms with Crippen LogP contribution >= 0.6 is 0 Å². The number of hydrogen-bond donors (Lipinski definition) is 2. The normalized spacial score (nSPS) is 20.9. The minimum Gasteiger partial charge on any atom is -0.475 e. The van der Waals surface area contributed by atoms with Crippen LogP contribution in [0, 0.1) is 5.41 Å². The molecule has 2 aliphatic heterocycles. The lowest BCUT2D eigenvalue weighted by atomic mass is 9.73. The topological polar surface area (TPSA) is 116 Å². The minimum atomic E-state index is -5.08. The van der Waals surface area contributed by atoms with E-state index in [1.165, 1.54) is 5.56 Å². The number of aryl methyl sites for hydroxylation is 1. The van der Waals surface area contributed by atoms with E-state index >= 15 is 0 Å². The van der Waals surface area contributed by atoms with Gasteiger partial charge >= 0.3 is 24.3 Å². The van der Waals surface area contributed by atoms with Crippen LogP contribution in [0.25, 0.3) is 0 Å². The van der Waals surface area contributed by atoms with Gasteiger partial charge in [0.1, 0.15) is 5.82 Å². The highest BCUT2D eigenvalue weighted by atomic mass is 19.4. The molecule has 40 heavy (non-hydrogen) atoms. The Morgan fingerprint density at radius 1 is 1.10 bits per heavy atom. The first-order valence-electron chi connectivity index (χ1n) is 11.8. The van der Waals surface area contributed by atoms with Crippen molar-refractivity contribution in [1.29, 1.82) is 0 Å². The van der Waals surface area contributed by atoms with E-state index in [4.69, 9.17) is 19.8 Å². The Morgan fingerprint density at radius 2 is 1.65 bits per heavy atom. The van der Waals surface area contributed by atoms with Crippen molar-refractivity contribution in [2.75, 3.05) is 26.2 Å². The predicted molar refractivity (Wildman–Crippen MR) is 129 cm³/mol. The van der Waals surface area contributed by atoms with Crippen LogP contribution in [0.15, 0.2) is 55.4 Å². The highest BCUT2D eigenvalue weighted by molar-refractivity contribution is 5.87. The second kappa shape index (κ2) is 13.0. The van der Waals surface area contributed by atoms with Gasteiger partial charge < -0.3 is 19.7 Å². The van der Waals surface area contributed by atoms with Crippen LogP contribution in [0.2, 0.25) is 0 Å². The summed E-state index contributed by atoms with van der Waals surface area (Å²) in [5.74, 6) is -3.96. The fraction of sp³-hybridized carbons (Fsp3) is 0.440. The predicted octanol–water partition coefficient (Wildman–Crippen LogP) is 3.69. The number of aliphatic carboxylic acids is 2. The molecule has 1 spiro atoms. The third-order valence-corrected chi connectivity index (χ3v) is 6.48. The zero-order valence-corrected chi connectivity index (χ0v) is 21.3. The number of benzene rings is 1. The quantitative estimate of drug-likeness (QED) is 0.411. The van der Waals surface area contributed by atoms with E-state index in [9.17, 15) is 31.1 Å². The standard InChI is InChI=1S/C21H26N4O.2C2HF3O2/c1-3-11-25-12-9-21(20(25)26)16-24(15-19-22-10-13-23(19)2)14-18(21)17-7-5-4-6-8-17;2*3-2(4,5)1(6)7/h3-8,10,13,18H,1,9,11-12,14-16H2,2H3;2*(H,6,7)/t18-,21+;;/m0../s1. The summed E-state index contributed by atoms with van der Waals surface area (Å²) in [5.41, 5.74) is 0.943. The first kappa shape index (κ1) is 32.3. The number of imidazole rings is 1. The van der Waals surface area contributed by atoms with Crippen LogP contribution in [0.1, 0.15) is 23.7 Å². The molecule has 1 aromatic heterocycles. The number of rotatable bonds is 5. The van der Waals surface area contributed by atoms with Crippen LogP contribution in [0.5, 0.6) is 0 Å². The molecule has 2 saturated heterocycles. The van der Waals surface area contributed by atoms with Crippen molar-refractivity contribution in [3.8, 4) is 0 Å². The van der Waals surface area contributed by atoms with E-state index in [-0.39, 0.29) is 17.2 Å². The van der Waals surface area contributed by atoms with Gasteiger partial charge in [-0.1, -0.05) is 36.4 Å². The van der Waals surface area contributed by atoms with Gasteiger partial charge in [0, 0.05) is 51.5 Å². The maximum atomic E-state index is 13.3. The van der Waals surface area contributed by atoms with Gasteiger partial charge in [-0.15, -0.1) is 6.58 Å². The van der Waals surface area contributed by atoms with Crippen LogP contribution in [0.4, 0.5) is 26.3 Å². The van der Waals surface area contributed by atoms with E-state index in [2.05, 4.69) is 45.3 Å². The van der Waals surface area contributed by atoms with E-state index in [1.807, 2.05) is 36.5 Å². The Bertz CT molecular complexity index is 1160. The Hall–Kier alpha value is -3.88. The van der Waals surface area contributed by atoms with Gasteiger partial charge in [-0.05, 0) is 12.0 Å². The van der Waals surface area contributed by atoms with Gasteiger partial charge in [-0.2, -0.15) is 26.3 Å². The fourth-order valence-electron chi connectivity index (χ4n) is 4.64. The second-order valence-electron chi connectivity index (χ2n) is 9.14. The number of nitrogens with zero attached hydrogens (tertiary/aromatic N) is 4. The molecule has 15 heteroatoms. The number of carboxylic acids is 2. The number of hydrogen-bond acceptors (Lipinski definition) is 5. The summed E-state index contributed by atoms with van der Waals surface area (Å²) in [5, 5.41) is 14.2. The summed E-state index contributed by atoms with van der Waals surface area (Å²) < 4.78 is 65.5. The van der Waals surface area contributed by atoms with Gasteiger partial charge in [-0.25, -0.2) is 14.6 Å². The van der Waals surface area contributed by atoms with Crippen molar-refractivity contribution in [2.24, 2.45) is 12.5 Å². The number of likely N-dealkylation sites (tertiary alicyclic amines) is 2. The van der Waals surface area contributed by atoms with Crippen LogP contribution < -0.4 is 0 Å². The molecule has 9 nitrogen and oxygen atoms in total. The zero-order valence-electron chi connectivity index (χ0n) is 21.3. The van der Waals surface area contributed by atoms with E-state index in [0.717, 1.165) is 38.4 Å². The third-order valence-electron chi connectivity index (χ3n) is 6.48. The molecule has 2 aliphatic rings. The van der Waals surface area contributed by atoms with Crippen molar-refractivity contribution in [2.45, 2.75) is 31.2 Å². The highest BCUT2D eigenvalue weighted by Crippen LogP contribution is 2.50. The molecule has 4 rings (SSSR count). The number of amides is 1. The monoisotopic (exact) mass is 578 g/mol. The minimum absolute atomic E-state index is 0.228. The summed E-state index contributed by atoms with van der Waals surface area (Å²) in [4.78, 5) is 40.0. The van der Waals surface area contributed by atoms with Crippen molar-refractivity contribution >= 4 is 17.8 Å². The Balaban J connectivity index is 0.000000333. The maximum absolute atomic E-state index is 13.3.